The predicted molar refractivity (Wildman–Crippen MR) is 172 cm³/mol. The van der Waals surface area contributed by atoms with E-state index in [1.165, 1.54) is 0 Å². The van der Waals surface area contributed by atoms with Gasteiger partial charge in [0.1, 0.15) is 17.8 Å². The smallest absolute Gasteiger partial charge is 0.414 e. The molecule has 11 heteroatoms. The van der Waals surface area contributed by atoms with Gasteiger partial charge in [0.2, 0.25) is 5.96 Å². The van der Waals surface area contributed by atoms with E-state index in [0.29, 0.717) is 19.3 Å². The van der Waals surface area contributed by atoms with Crippen LogP contribution in [0.25, 0.3) is 11.1 Å². The molecule has 3 rings (SSSR count). The number of hydrogen-bond acceptors (Lipinski definition) is 8. The number of fused-ring (bicyclic) bond motifs is 3. The van der Waals surface area contributed by atoms with Crippen molar-refractivity contribution in [3.05, 3.63) is 59.7 Å². The van der Waals surface area contributed by atoms with Crippen molar-refractivity contribution < 1.29 is 33.4 Å². The fourth-order valence-electron chi connectivity index (χ4n) is 4.91. The molecule has 0 fully saturated rings. The lowest BCUT2D eigenvalue weighted by atomic mass is 9.98. The van der Waals surface area contributed by atoms with Crippen molar-refractivity contribution in [1.82, 2.24) is 16.0 Å². The highest BCUT2D eigenvalue weighted by Gasteiger charge is 2.30. The number of carbonyl (C=O) groups is 4. The summed E-state index contributed by atoms with van der Waals surface area (Å²) in [6.07, 6.45) is -0.714. The summed E-state index contributed by atoms with van der Waals surface area (Å²) < 4.78 is 16.2. The number of ketones is 1. The van der Waals surface area contributed by atoms with E-state index in [-0.39, 0.29) is 37.2 Å². The summed E-state index contributed by atoms with van der Waals surface area (Å²) in [4.78, 5) is 54.8. The van der Waals surface area contributed by atoms with Crippen LogP contribution in [0.3, 0.4) is 0 Å². The molecule has 2 aromatic rings. The number of aliphatic imine (C=N–C) groups is 1. The molecule has 0 unspecified atom stereocenters. The van der Waals surface area contributed by atoms with Gasteiger partial charge in [-0.25, -0.2) is 14.4 Å². The van der Waals surface area contributed by atoms with Crippen molar-refractivity contribution in [3.63, 3.8) is 0 Å². The van der Waals surface area contributed by atoms with Crippen LogP contribution in [0, 0.1) is 0 Å². The van der Waals surface area contributed by atoms with Crippen molar-refractivity contribution >= 4 is 30.0 Å². The molecule has 0 saturated heterocycles. The molecule has 1 aliphatic rings. The number of amides is 3. The number of guanidine groups is 1. The highest BCUT2D eigenvalue weighted by Crippen LogP contribution is 2.44. The summed E-state index contributed by atoms with van der Waals surface area (Å²) >= 11 is 0. The van der Waals surface area contributed by atoms with Crippen LogP contribution < -0.4 is 16.0 Å². The largest absolute Gasteiger partial charge is 0.449 e. The monoisotopic (exact) mass is 622 g/mol. The summed E-state index contributed by atoms with van der Waals surface area (Å²) in [5.41, 5.74) is 2.91. The Labute approximate surface area is 265 Å². The van der Waals surface area contributed by atoms with E-state index in [1.54, 1.807) is 41.5 Å². The van der Waals surface area contributed by atoms with Gasteiger partial charge in [0, 0.05) is 18.9 Å². The third-order valence-corrected chi connectivity index (χ3v) is 6.68. The summed E-state index contributed by atoms with van der Waals surface area (Å²) in [6.45, 7) is 12.4. The molecule has 0 saturated carbocycles. The maximum absolute atomic E-state index is 12.9. The molecular formula is C34H46N4O7. The lowest BCUT2D eigenvalue weighted by molar-refractivity contribution is -0.121. The number of benzene rings is 2. The average Bonchev–Trinajstić information content (AvgIpc) is 3.25. The molecule has 45 heavy (non-hydrogen) atoms. The zero-order chi connectivity index (χ0) is 33.2. The van der Waals surface area contributed by atoms with Gasteiger partial charge in [0.05, 0.1) is 6.04 Å². The fraction of sp³-hybridized carbons (Fsp3) is 0.500. The number of Topliss-reactive ketones (excluding diaryl/α,β-unsaturated/α-hetero) is 1. The van der Waals surface area contributed by atoms with Crippen LogP contribution in [0.2, 0.25) is 0 Å². The molecule has 244 valence electrons. The molecule has 11 nitrogen and oxygen atoms in total. The molecule has 0 heterocycles. The minimum atomic E-state index is -0.801. The third-order valence-electron chi connectivity index (χ3n) is 6.68. The first-order valence-electron chi connectivity index (χ1n) is 15.4. The van der Waals surface area contributed by atoms with Crippen LogP contribution in [0.15, 0.2) is 53.5 Å². The molecule has 0 spiro atoms. The van der Waals surface area contributed by atoms with Crippen LogP contribution >= 0.6 is 0 Å². The van der Waals surface area contributed by atoms with Gasteiger partial charge in [-0.15, -0.1) is 0 Å². The molecular weight excluding hydrogens is 576 g/mol. The molecule has 2 aromatic carbocycles. The molecule has 1 atom stereocenters. The van der Waals surface area contributed by atoms with Gasteiger partial charge < -0.3 is 19.5 Å². The van der Waals surface area contributed by atoms with Crippen LogP contribution in [0.5, 0.6) is 0 Å². The SMILES string of the molecule is CCCC(=O)[C@H](CCCN=C(NC(=O)OC(C)(C)C)NC(=O)OC(C)(C)C)NC(=O)OCC1c2ccccc2-c2ccccc21. The minimum absolute atomic E-state index is 0.101. The standard InChI is InChI=1S/C34H46N4O7/c1-8-14-28(39)27(19-13-20-35-29(37-31(41)44-33(2,3)4)38-32(42)45-34(5,6)7)36-30(40)43-21-26-24-17-11-9-15-22(24)23-16-10-12-18-25(23)26/h9-12,15-18,26-27H,8,13-14,19-21H2,1-7H3,(H,36,40)(H2,35,37,38,41,42)/t27-/m0/s1. The lowest BCUT2D eigenvalue weighted by Gasteiger charge is -2.22. The first kappa shape index (κ1) is 35.1. The number of rotatable bonds is 10. The Hall–Kier alpha value is -4.41. The van der Waals surface area contributed by atoms with E-state index < -0.39 is 35.5 Å². The second-order valence-electron chi connectivity index (χ2n) is 12.9. The van der Waals surface area contributed by atoms with Gasteiger partial charge in [-0.3, -0.25) is 20.4 Å². The summed E-state index contributed by atoms with van der Waals surface area (Å²) in [5.74, 6) is -0.371. The molecule has 1 aliphatic carbocycles. The number of ether oxygens (including phenoxy) is 3. The topological polar surface area (TPSA) is 144 Å². The van der Waals surface area contributed by atoms with Gasteiger partial charge in [0.15, 0.2) is 5.78 Å². The maximum Gasteiger partial charge on any atom is 0.414 e. The van der Waals surface area contributed by atoms with Gasteiger partial charge in [-0.2, -0.15) is 0 Å². The molecule has 3 amide bonds. The van der Waals surface area contributed by atoms with E-state index in [4.69, 9.17) is 14.2 Å². The molecule has 3 N–H and O–H groups in total. The van der Waals surface area contributed by atoms with Crippen LogP contribution in [0.1, 0.15) is 91.2 Å². The highest BCUT2D eigenvalue weighted by atomic mass is 16.6. The molecule has 0 radical (unpaired) electrons. The second-order valence-corrected chi connectivity index (χ2v) is 12.9. The zero-order valence-corrected chi connectivity index (χ0v) is 27.3. The Bertz CT molecular complexity index is 1310. The van der Waals surface area contributed by atoms with Gasteiger partial charge in [-0.1, -0.05) is 55.5 Å². The van der Waals surface area contributed by atoms with Crippen molar-refractivity contribution in [2.24, 2.45) is 4.99 Å². The van der Waals surface area contributed by atoms with Crippen molar-refractivity contribution in [1.29, 1.82) is 0 Å². The van der Waals surface area contributed by atoms with Crippen LogP contribution in [-0.4, -0.2) is 60.4 Å². The van der Waals surface area contributed by atoms with Crippen LogP contribution in [0.4, 0.5) is 14.4 Å². The molecule has 0 aromatic heterocycles. The highest BCUT2D eigenvalue weighted by molar-refractivity contribution is 6.01. The van der Waals surface area contributed by atoms with E-state index >= 15 is 0 Å². The zero-order valence-electron chi connectivity index (χ0n) is 27.3. The van der Waals surface area contributed by atoms with E-state index in [1.807, 2.05) is 43.3 Å². The second kappa shape index (κ2) is 15.5. The van der Waals surface area contributed by atoms with E-state index in [9.17, 15) is 19.2 Å². The average molecular weight is 623 g/mol. The Morgan fingerprint density at radius 2 is 1.31 bits per heavy atom. The Morgan fingerprint density at radius 1 is 0.800 bits per heavy atom. The van der Waals surface area contributed by atoms with Gasteiger partial charge in [-0.05, 0) is 83.1 Å². The number of carbonyl (C=O) groups excluding carboxylic acids is 4. The Balaban J connectivity index is 1.62. The van der Waals surface area contributed by atoms with Crippen molar-refractivity contribution in [2.45, 2.75) is 97.3 Å². The van der Waals surface area contributed by atoms with Gasteiger partial charge in [0.25, 0.3) is 0 Å². The molecule has 0 aliphatic heterocycles. The van der Waals surface area contributed by atoms with E-state index in [0.717, 1.165) is 22.3 Å². The number of alkyl carbamates (subject to hydrolysis) is 3. The fourth-order valence-corrected chi connectivity index (χ4v) is 4.91. The lowest BCUT2D eigenvalue weighted by Crippen LogP contribution is -2.47. The Morgan fingerprint density at radius 3 is 1.80 bits per heavy atom. The summed E-state index contributed by atoms with van der Waals surface area (Å²) in [7, 11) is 0. The first-order valence-corrected chi connectivity index (χ1v) is 15.4. The predicted octanol–water partition coefficient (Wildman–Crippen LogP) is 6.45. The number of nitrogens with one attached hydrogen (secondary N) is 3. The number of hydrogen-bond donors (Lipinski definition) is 3. The first-order chi connectivity index (χ1) is 21.2. The third kappa shape index (κ3) is 11.2. The minimum Gasteiger partial charge on any atom is -0.449 e. The summed E-state index contributed by atoms with van der Waals surface area (Å²) in [5, 5.41) is 7.60. The van der Waals surface area contributed by atoms with Gasteiger partial charge >= 0.3 is 18.3 Å². The number of nitrogens with zero attached hydrogens (tertiary/aromatic N) is 1. The van der Waals surface area contributed by atoms with Crippen molar-refractivity contribution in [2.75, 3.05) is 13.2 Å². The van der Waals surface area contributed by atoms with Crippen LogP contribution in [-0.2, 0) is 19.0 Å². The quantitative estimate of drug-likeness (QED) is 0.120. The summed E-state index contributed by atoms with van der Waals surface area (Å²) in [6, 6.07) is 15.3. The molecule has 0 bridgehead atoms. The maximum atomic E-state index is 12.9. The van der Waals surface area contributed by atoms with E-state index in [2.05, 4.69) is 33.1 Å². The normalized spacial score (nSPS) is 13.0. The van der Waals surface area contributed by atoms with Crippen molar-refractivity contribution in [3.8, 4) is 11.1 Å². The Kier molecular flexibility index (Phi) is 12.1.